The van der Waals surface area contributed by atoms with Gasteiger partial charge >= 0.3 is 0 Å². The standard InChI is InChI=1S/C11H15NO2S/c1-9(13)12(2)11(14)15-8-10-6-4-3-5-7-10/h3-7,9,13H,8H2,1-2H3. The Labute approximate surface area is 94.1 Å². The molecule has 0 saturated heterocycles. The van der Waals surface area contributed by atoms with Crippen molar-refractivity contribution < 1.29 is 9.90 Å². The van der Waals surface area contributed by atoms with Crippen LogP contribution in [0.1, 0.15) is 12.5 Å². The van der Waals surface area contributed by atoms with Crippen LogP contribution in [0.5, 0.6) is 0 Å². The number of rotatable bonds is 3. The number of hydrogen-bond acceptors (Lipinski definition) is 3. The Morgan fingerprint density at radius 2 is 2.07 bits per heavy atom. The van der Waals surface area contributed by atoms with Gasteiger partial charge in [-0.2, -0.15) is 0 Å². The second-order valence-corrected chi connectivity index (χ2v) is 4.21. The zero-order chi connectivity index (χ0) is 11.3. The average Bonchev–Trinajstić information content (AvgIpc) is 2.26. The maximum absolute atomic E-state index is 11.5. The summed E-state index contributed by atoms with van der Waals surface area (Å²) in [6.45, 7) is 1.57. The highest BCUT2D eigenvalue weighted by Gasteiger charge is 2.13. The van der Waals surface area contributed by atoms with E-state index in [2.05, 4.69) is 0 Å². The van der Waals surface area contributed by atoms with Gasteiger partial charge in [0.2, 0.25) is 0 Å². The Morgan fingerprint density at radius 1 is 1.47 bits per heavy atom. The van der Waals surface area contributed by atoms with Crippen LogP contribution >= 0.6 is 11.8 Å². The minimum absolute atomic E-state index is 0.117. The monoisotopic (exact) mass is 225 g/mol. The zero-order valence-corrected chi connectivity index (χ0v) is 9.70. The van der Waals surface area contributed by atoms with Crippen LogP contribution in [-0.4, -0.2) is 28.5 Å². The van der Waals surface area contributed by atoms with Crippen molar-refractivity contribution in [2.24, 2.45) is 0 Å². The normalized spacial score (nSPS) is 12.2. The number of aliphatic hydroxyl groups is 1. The molecule has 0 fully saturated rings. The Kier molecular flexibility index (Phi) is 4.65. The van der Waals surface area contributed by atoms with Gasteiger partial charge in [0.1, 0.15) is 6.23 Å². The third-order valence-corrected chi connectivity index (χ3v) is 3.07. The Morgan fingerprint density at radius 3 is 2.60 bits per heavy atom. The molecule has 0 aliphatic carbocycles. The molecule has 0 aliphatic rings. The zero-order valence-electron chi connectivity index (χ0n) is 8.88. The topological polar surface area (TPSA) is 40.5 Å². The summed E-state index contributed by atoms with van der Waals surface area (Å²) in [4.78, 5) is 12.8. The van der Waals surface area contributed by atoms with Crippen molar-refractivity contribution in [3.8, 4) is 0 Å². The predicted molar refractivity (Wildman–Crippen MR) is 62.6 cm³/mol. The first kappa shape index (κ1) is 12.1. The highest BCUT2D eigenvalue weighted by molar-refractivity contribution is 8.12. The second kappa shape index (κ2) is 5.78. The minimum atomic E-state index is -0.735. The fourth-order valence-corrected chi connectivity index (χ4v) is 1.81. The quantitative estimate of drug-likeness (QED) is 0.802. The van der Waals surface area contributed by atoms with Crippen molar-refractivity contribution in [2.75, 3.05) is 7.05 Å². The highest BCUT2D eigenvalue weighted by atomic mass is 32.2. The first-order valence-corrected chi connectivity index (χ1v) is 5.71. The van der Waals surface area contributed by atoms with E-state index in [4.69, 9.17) is 0 Å². The maximum Gasteiger partial charge on any atom is 0.283 e. The van der Waals surface area contributed by atoms with E-state index in [-0.39, 0.29) is 5.24 Å². The lowest BCUT2D eigenvalue weighted by Crippen LogP contribution is -2.31. The van der Waals surface area contributed by atoms with Crippen molar-refractivity contribution in [1.29, 1.82) is 0 Å². The molecule has 15 heavy (non-hydrogen) atoms. The highest BCUT2D eigenvalue weighted by Crippen LogP contribution is 2.15. The number of carbonyl (C=O) groups is 1. The van der Waals surface area contributed by atoms with Crippen molar-refractivity contribution in [3.05, 3.63) is 35.9 Å². The van der Waals surface area contributed by atoms with Crippen LogP contribution in [0.4, 0.5) is 4.79 Å². The number of carbonyl (C=O) groups excluding carboxylic acids is 1. The van der Waals surface area contributed by atoms with Crippen LogP contribution in [0.15, 0.2) is 30.3 Å². The number of nitrogens with zero attached hydrogens (tertiary/aromatic N) is 1. The molecule has 1 aromatic carbocycles. The average molecular weight is 225 g/mol. The van der Waals surface area contributed by atoms with Gasteiger partial charge in [-0.05, 0) is 12.5 Å². The summed E-state index contributed by atoms with van der Waals surface area (Å²) in [7, 11) is 1.59. The van der Waals surface area contributed by atoms with Gasteiger partial charge in [-0.1, -0.05) is 42.1 Å². The molecule has 0 saturated carbocycles. The first-order valence-electron chi connectivity index (χ1n) is 4.73. The van der Waals surface area contributed by atoms with Crippen LogP contribution < -0.4 is 0 Å². The van der Waals surface area contributed by atoms with Gasteiger partial charge in [0, 0.05) is 12.8 Å². The van der Waals surface area contributed by atoms with E-state index in [0.29, 0.717) is 5.75 Å². The fraction of sp³-hybridized carbons (Fsp3) is 0.364. The minimum Gasteiger partial charge on any atom is -0.374 e. The van der Waals surface area contributed by atoms with Crippen LogP contribution in [0.2, 0.25) is 0 Å². The van der Waals surface area contributed by atoms with Crippen LogP contribution in [0, 0.1) is 0 Å². The summed E-state index contributed by atoms with van der Waals surface area (Å²) in [5.74, 6) is 0.636. The van der Waals surface area contributed by atoms with E-state index in [9.17, 15) is 9.90 Å². The van der Waals surface area contributed by atoms with Crippen molar-refractivity contribution in [2.45, 2.75) is 18.9 Å². The number of thioether (sulfide) groups is 1. The van der Waals surface area contributed by atoms with Gasteiger partial charge < -0.3 is 10.0 Å². The van der Waals surface area contributed by atoms with Crippen molar-refractivity contribution in [1.82, 2.24) is 4.90 Å². The van der Waals surface area contributed by atoms with E-state index in [1.54, 1.807) is 14.0 Å². The predicted octanol–water partition coefficient (Wildman–Crippen LogP) is 2.31. The van der Waals surface area contributed by atoms with Gasteiger partial charge in [0.25, 0.3) is 5.24 Å². The van der Waals surface area contributed by atoms with Gasteiger partial charge in [-0.3, -0.25) is 4.79 Å². The van der Waals surface area contributed by atoms with Crippen LogP contribution in [-0.2, 0) is 5.75 Å². The lowest BCUT2D eigenvalue weighted by molar-refractivity contribution is 0.0719. The van der Waals surface area contributed by atoms with E-state index >= 15 is 0 Å². The first-order chi connectivity index (χ1) is 7.11. The molecule has 82 valence electrons. The molecular weight excluding hydrogens is 210 g/mol. The lowest BCUT2D eigenvalue weighted by atomic mass is 10.2. The fourth-order valence-electron chi connectivity index (χ4n) is 0.974. The molecule has 0 heterocycles. The summed E-state index contributed by atoms with van der Waals surface area (Å²) >= 11 is 1.19. The molecule has 1 atom stereocenters. The van der Waals surface area contributed by atoms with E-state index in [0.717, 1.165) is 5.56 Å². The molecule has 1 unspecified atom stereocenters. The summed E-state index contributed by atoms with van der Waals surface area (Å²) < 4.78 is 0. The summed E-state index contributed by atoms with van der Waals surface area (Å²) in [5.41, 5.74) is 1.11. The van der Waals surface area contributed by atoms with Gasteiger partial charge in [-0.25, -0.2) is 0 Å². The molecule has 1 rings (SSSR count). The Balaban J connectivity index is 2.41. The van der Waals surface area contributed by atoms with Crippen molar-refractivity contribution in [3.63, 3.8) is 0 Å². The van der Waals surface area contributed by atoms with Gasteiger partial charge in [-0.15, -0.1) is 0 Å². The molecule has 4 heteroatoms. The number of hydrogen-bond donors (Lipinski definition) is 1. The van der Waals surface area contributed by atoms with Crippen LogP contribution in [0.3, 0.4) is 0 Å². The summed E-state index contributed by atoms with van der Waals surface area (Å²) in [5, 5.41) is 9.06. The molecule has 0 radical (unpaired) electrons. The summed E-state index contributed by atoms with van der Waals surface area (Å²) in [6, 6.07) is 9.78. The van der Waals surface area contributed by atoms with E-state index < -0.39 is 6.23 Å². The number of aliphatic hydroxyl groups excluding tert-OH is 1. The maximum atomic E-state index is 11.5. The molecule has 1 aromatic rings. The molecule has 0 spiro atoms. The number of benzene rings is 1. The Hall–Kier alpha value is -1.00. The largest absolute Gasteiger partial charge is 0.374 e. The summed E-state index contributed by atoms with van der Waals surface area (Å²) in [6.07, 6.45) is -0.735. The molecular formula is C11H15NO2S. The molecule has 1 N–H and O–H groups in total. The Bertz CT molecular complexity index is 314. The molecule has 0 aromatic heterocycles. The number of amides is 1. The molecule has 1 amide bonds. The van der Waals surface area contributed by atoms with E-state index in [1.807, 2.05) is 30.3 Å². The second-order valence-electron chi connectivity index (χ2n) is 3.28. The smallest absolute Gasteiger partial charge is 0.283 e. The molecule has 0 aliphatic heterocycles. The third-order valence-electron chi connectivity index (χ3n) is 2.05. The van der Waals surface area contributed by atoms with E-state index in [1.165, 1.54) is 16.7 Å². The van der Waals surface area contributed by atoms with Gasteiger partial charge in [0.15, 0.2) is 0 Å². The SMILES string of the molecule is CC(O)N(C)C(=O)SCc1ccccc1. The molecule has 3 nitrogen and oxygen atoms in total. The van der Waals surface area contributed by atoms with Crippen molar-refractivity contribution >= 4 is 17.0 Å². The van der Waals surface area contributed by atoms with Crippen LogP contribution in [0.25, 0.3) is 0 Å². The van der Waals surface area contributed by atoms with Gasteiger partial charge in [0.05, 0.1) is 0 Å². The lowest BCUT2D eigenvalue weighted by Gasteiger charge is -2.19. The third kappa shape index (κ3) is 3.93. The molecule has 0 bridgehead atoms.